The summed E-state index contributed by atoms with van der Waals surface area (Å²) in [5.41, 5.74) is 1.34. The third kappa shape index (κ3) is 6.48. The molecule has 0 aliphatic rings. The molecule has 0 aliphatic heterocycles. The van der Waals surface area contributed by atoms with Gasteiger partial charge in [0, 0.05) is 16.7 Å². The lowest BCUT2D eigenvalue weighted by Crippen LogP contribution is -2.10. The Labute approximate surface area is 176 Å². The highest BCUT2D eigenvalue weighted by Crippen LogP contribution is 2.23. The maximum Gasteiger partial charge on any atom is 0.338 e. The third-order valence-electron chi connectivity index (χ3n) is 3.87. The number of carbonyl (C=O) groups is 3. The third-order valence-corrected chi connectivity index (χ3v) is 3.87. The van der Waals surface area contributed by atoms with Crippen molar-refractivity contribution in [3.8, 4) is 11.5 Å². The minimum Gasteiger partial charge on any atom is -0.497 e. The first-order chi connectivity index (χ1) is 14.5. The van der Waals surface area contributed by atoms with Crippen molar-refractivity contribution in [3.05, 3.63) is 65.2 Å². The summed E-state index contributed by atoms with van der Waals surface area (Å²) in [6.45, 7) is 8.17. The van der Waals surface area contributed by atoms with Gasteiger partial charge in [-0.15, -0.1) is 0 Å². The van der Waals surface area contributed by atoms with Crippen molar-refractivity contribution >= 4 is 24.3 Å². The van der Waals surface area contributed by atoms with Crippen LogP contribution in [0.25, 0.3) is 5.76 Å². The van der Waals surface area contributed by atoms with Gasteiger partial charge < -0.3 is 18.9 Å². The lowest BCUT2D eigenvalue weighted by molar-refractivity contribution is 0.0598. The van der Waals surface area contributed by atoms with Crippen molar-refractivity contribution in [2.75, 3.05) is 27.4 Å². The average Bonchev–Trinajstić information content (AvgIpc) is 2.81. The highest BCUT2D eigenvalue weighted by molar-refractivity contribution is 5.98. The SMILES string of the molecule is C=C(OC)c1cc(OCCOc2ccc(C(=O)OC)c(C=O)c2)ccc1C=O.CC. The van der Waals surface area contributed by atoms with Gasteiger partial charge in [0.05, 0.1) is 19.8 Å². The van der Waals surface area contributed by atoms with Crippen LogP contribution in [0.5, 0.6) is 11.5 Å². The molecule has 0 aromatic heterocycles. The van der Waals surface area contributed by atoms with Gasteiger partial charge in [-0.25, -0.2) is 4.79 Å². The Kier molecular flexibility index (Phi) is 10.4. The van der Waals surface area contributed by atoms with E-state index in [1.165, 1.54) is 26.4 Å². The molecule has 0 aliphatic carbocycles. The van der Waals surface area contributed by atoms with Crippen LogP contribution in [0, 0.1) is 0 Å². The molecule has 0 radical (unpaired) electrons. The fourth-order valence-corrected chi connectivity index (χ4v) is 2.42. The summed E-state index contributed by atoms with van der Waals surface area (Å²) in [6, 6.07) is 9.42. The van der Waals surface area contributed by atoms with Crippen molar-refractivity contribution in [2.45, 2.75) is 13.8 Å². The second-order valence-electron chi connectivity index (χ2n) is 5.55. The number of hydrogen-bond acceptors (Lipinski definition) is 7. The first kappa shape index (κ1) is 24.4. The van der Waals surface area contributed by atoms with Crippen LogP contribution in [0.4, 0.5) is 0 Å². The number of carbonyl (C=O) groups excluding carboxylic acids is 3. The Hall–Kier alpha value is -3.61. The predicted octanol–water partition coefficient (Wildman–Crippen LogP) is 4.20. The smallest absolute Gasteiger partial charge is 0.338 e. The van der Waals surface area contributed by atoms with Crippen molar-refractivity contribution in [1.29, 1.82) is 0 Å². The second kappa shape index (κ2) is 12.8. The van der Waals surface area contributed by atoms with E-state index in [-0.39, 0.29) is 24.3 Å². The molecule has 0 heterocycles. The van der Waals surface area contributed by atoms with E-state index in [0.29, 0.717) is 34.7 Å². The monoisotopic (exact) mass is 414 g/mol. The van der Waals surface area contributed by atoms with E-state index in [1.54, 1.807) is 24.3 Å². The molecule has 0 spiro atoms. The van der Waals surface area contributed by atoms with E-state index in [9.17, 15) is 14.4 Å². The molecular formula is C23H26O7. The highest BCUT2D eigenvalue weighted by Gasteiger charge is 2.12. The molecule has 30 heavy (non-hydrogen) atoms. The fraction of sp³-hybridized carbons (Fsp3) is 0.261. The summed E-state index contributed by atoms with van der Waals surface area (Å²) < 4.78 is 20.9. The number of methoxy groups -OCH3 is 2. The van der Waals surface area contributed by atoms with Crippen LogP contribution in [0.1, 0.15) is 50.5 Å². The van der Waals surface area contributed by atoms with Gasteiger partial charge in [-0.05, 0) is 36.4 Å². The number of hydrogen-bond donors (Lipinski definition) is 0. The van der Waals surface area contributed by atoms with E-state index < -0.39 is 5.97 Å². The van der Waals surface area contributed by atoms with Crippen molar-refractivity contribution in [1.82, 2.24) is 0 Å². The van der Waals surface area contributed by atoms with Crippen LogP contribution in [0.3, 0.4) is 0 Å². The minimum absolute atomic E-state index is 0.169. The van der Waals surface area contributed by atoms with E-state index in [0.717, 1.165) is 6.29 Å². The summed E-state index contributed by atoms with van der Waals surface area (Å²) in [7, 11) is 2.71. The van der Waals surface area contributed by atoms with Crippen molar-refractivity contribution < 1.29 is 33.3 Å². The molecule has 0 bridgehead atoms. The fourth-order valence-electron chi connectivity index (χ4n) is 2.42. The standard InChI is InChI=1S/C21H20O7.C2H6/c1-14(25-2)20-11-18(5-4-15(20)12-22)28-9-8-27-17-6-7-19(21(24)26-3)16(10-17)13-23;1-2/h4-7,10-13H,1,8-9H2,2-3H3;1-2H3. The van der Waals surface area contributed by atoms with E-state index in [2.05, 4.69) is 11.3 Å². The molecule has 0 unspecified atom stereocenters. The number of rotatable bonds is 10. The number of benzene rings is 2. The lowest BCUT2D eigenvalue weighted by Gasteiger charge is -2.12. The van der Waals surface area contributed by atoms with Gasteiger partial charge in [-0.3, -0.25) is 9.59 Å². The van der Waals surface area contributed by atoms with Crippen LogP contribution in [0.2, 0.25) is 0 Å². The maximum atomic E-state index is 11.6. The largest absolute Gasteiger partial charge is 0.497 e. The quantitative estimate of drug-likeness (QED) is 0.249. The Balaban J connectivity index is 0.00000218. The number of aldehydes is 2. The first-order valence-electron chi connectivity index (χ1n) is 9.29. The first-order valence-corrected chi connectivity index (χ1v) is 9.29. The molecule has 2 rings (SSSR count). The number of ether oxygens (including phenoxy) is 4. The van der Waals surface area contributed by atoms with Gasteiger partial charge in [0.25, 0.3) is 0 Å². The maximum absolute atomic E-state index is 11.6. The van der Waals surface area contributed by atoms with Crippen LogP contribution in [0.15, 0.2) is 43.0 Å². The van der Waals surface area contributed by atoms with E-state index in [1.807, 2.05) is 13.8 Å². The van der Waals surface area contributed by atoms with Gasteiger partial charge in [-0.1, -0.05) is 20.4 Å². The molecular weight excluding hydrogens is 388 g/mol. The van der Waals surface area contributed by atoms with Crippen LogP contribution >= 0.6 is 0 Å². The molecule has 0 atom stereocenters. The van der Waals surface area contributed by atoms with Gasteiger partial charge in [0.1, 0.15) is 30.5 Å². The molecule has 2 aromatic rings. The molecule has 0 saturated heterocycles. The zero-order valence-electron chi connectivity index (χ0n) is 17.6. The highest BCUT2D eigenvalue weighted by atomic mass is 16.5. The van der Waals surface area contributed by atoms with Gasteiger partial charge in [-0.2, -0.15) is 0 Å². The topological polar surface area (TPSA) is 88.1 Å². The number of esters is 1. The van der Waals surface area contributed by atoms with Crippen LogP contribution < -0.4 is 9.47 Å². The molecule has 7 heteroatoms. The molecule has 0 N–H and O–H groups in total. The Morgan fingerprint density at radius 1 is 0.833 bits per heavy atom. The van der Waals surface area contributed by atoms with E-state index in [4.69, 9.17) is 14.2 Å². The molecule has 0 amide bonds. The van der Waals surface area contributed by atoms with Crippen molar-refractivity contribution in [3.63, 3.8) is 0 Å². The minimum atomic E-state index is -0.593. The molecule has 7 nitrogen and oxygen atoms in total. The summed E-state index contributed by atoms with van der Waals surface area (Å²) in [5.74, 6) is 0.709. The summed E-state index contributed by atoms with van der Waals surface area (Å²) in [5, 5.41) is 0. The van der Waals surface area contributed by atoms with Gasteiger partial charge in [0.2, 0.25) is 0 Å². The Morgan fingerprint density at radius 2 is 1.40 bits per heavy atom. The summed E-state index contributed by atoms with van der Waals surface area (Å²) in [4.78, 5) is 33.8. The molecule has 0 fully saturated rings. The normalized spacial score (nSPS) is 9.47. The van der Waals surface area contributed by atoms with Crippen LogP contribution in [-0.4, -0.2) is 46.0 Å². The molecule has 2 aromatic carbocycles. The van der Waals surface area contributed by atoms with Gasteiger partial charge >= 0.3 is 5.97 Å². The summed E-state index contributed by atoms with van der Waals surface area (Å²) in [6.07, 6.45) is 1.28. The Morgan fingerprint density at radius 3 is 1.93 bits per heavy atom. The predicted molar refractivity (Wildman–Crippen MR) is 113 cm³/mol. The zero-order chi connectivity index (χ0) is 22.5. The molecule has 0 saturated carbocycles. The summed E-state index contributed by atoms with van der Waals surface area (Å²) >= 11 is 0. The van der Waals surface area contributed by atoms with Crippen molar-refractivity contribution in [2.24, 2.45) is 0 Å². The van der Waals surface area contributed by atoms with Crippen LogP contribution in [-0.2, 0) is 9.47 Å². The van der Waals surface area contributed by atoms with E-state index >= 15 is 0 Å². The Bertz CT molecular complexity index is 887. The second-order valence-corrected chi connectivity index (χ2v) is 5.55. The van der Waals surface area contributed by atoms with Gasteiger partial charge in [0.15, 0.2) is 12.6 Å². The molecule has 160 valence electrons. The zero-order valence-corrected chi connectivity index (χ0v) is 17.6. The average molecular weight is 414 g/mol. The lowest BCUT2D eigenvalue weighted by atomic mass is 10.1.